The van der Waals surface area contributed by atoms with Crippen molar-refractivity contribution in [3.8, 4) is 0 Å². The molecule has 7 heteroatoms. The molecule has 0 saturated heterocycles. The lowest BCUT2D eigenvalue weighted by Crippen LogP contribution is -2.33. The number of nitrogens with one attached hydrogen (secondary N) is 1. The summed E-state index contributed by atoms with van der Waals surface area (Å²) in [6, 6.07) is 2.60. The zero-order valence-corrected chi connectivity index (χ0v) is 12.7. The first kappa shape index (κ1) is 15.9. The van der Waals surface area contributed by atoms with Gasteiger partial charge in [-0.3, -0.25) is 0 Å². The maximum absolute atomic E-state index is 13.3. The highest BCUT2D eigenvalue weighted by Gasteiger charge is 2.33. The van der Waals surface area contributed by atoms with Gasteiger partial charge in [0.1, 0.15) is 5.82 Å². The van der Waals surface area contributed by atoms with Gasteiger partial charge >= 0.3 is 5.97 Å². The van der Waals surface area contributed by atoms with Crippen LogP contribution in [-0.4, -0.2) is 25.5 Å². The van der Waals surface area contributed by atoms with Crippen LogP contribution in [0.1, 0.15) is 43.5 Å². The van der Waals surface area contributed by atoms with Crippen LogP contribution in [0.5, 0.6) is 0 Å². The molecule has 116 valence electrons. The summed E-state index contributed by atoms with van der Waals surface area (Å²) in [4.78, 5) is 10.6. The van der Waals surface area contributed by atoms with Gasteiger partial charge < -0.3 is 5.11 Å². The molecule has 0 heterocycles. The number of rotatable bonds is 4. The third-order valence-corrected chi connectivity index (χ3v) is 5.29. The fourth-order valence-electron chi connectivity index (χ4n) is 2.66. The normalized spacial score (nSPS) is 21.4. The number of sulfonamides is 1. The molecule has 2 rings (SSSR count). The average Bonchev–Trinajstić information content (AvgIpc) is 2.67. The number of carbonyl (C=O) groups is 1. The van der Waals surface area contributed by atoms with Gasteiger partial charge in [0.25, 0.3) is 0 Å². The summed E-state index contributed by atoms with van der Waals surface area (Å²) < 4.78 is 40.4. The number of aromatic carboxylic acids is 1. The van der Waals surface area contributed by atoms with E-state index in [0.29, 0.717) is 0 Å². The van der Waals surface area contributed by atoms with Gasteiger partial charge in [-0.25, -0.2) is 22.3 Å². The minimum atomic E-state index is -3.85. The molecule has 0 aliphatic heterocycles. The van der Waals surface area contributed by atoms with E-state index in [1.165, 1.54) is 0 Å². The van der Waals surface area contributed by atoms with E-state index >= 15 is 0 Å². The van der Waals surface area contributed by atoms with Crippen LogP contribution in [0, 0.1) is 11.2 Å². The summed E-state index contributed by atoms with van der Waals surface area (Å²) in [6.07, 6.45) is 2.38. The van der Waals surface area contributed by atoms with Crippen molar-refractivity contribution in [1.82, 2.24) is 4.72 Å². The molecule has 1 fully saturated rings. The Bertz CT molecular complexity index is 670. The fourth-order valence-corrected chi connectivity index (χ4v) is 3.96. The van der Waals surface area contributed by atoms with E-state index in [9.17, 15) is 17.6 Å². The van der Waals surface area contributed by atoms with Gasteiger partial charge in [-0.2, -0.15) is 0 Å². The van der Waals surface area contributed by atoms with Gasteiger partial charge in [0, 0.05) is 6.04 Å². The maximum Gasteiger partial charge on any atom is 0.338 e. The molecule has 1 unspecified atom stereocenters. The quantitative estimate of drug-likeness (QED) is 0.893. The highest BCUT2D eigenvalue weighted by atomic mass is 32.2. The monoisotopic (exact) mass is 315 g/mol. The Balaban J connectivity index is 2.24. The SMILES string of the molecule is CC1(C)CCC(NS(=O)(=O)c2ccc(F)c(C(=O)O)c2)C1. The topological polar surface area (TPSA) is 83.5 Å². The van der Waals surface area contributed by atoms with E-state index in [1.54, 1.807) is 0 Å². The number of halogens is 1. The summed E-state index contributed by atoms with van der Waals surface area (Å²) >= 11 is 0. The van der Waals surface area contributed by atoms with Crippen molar-refractivity contribution in [2.45, 2.75) is 44.0 Å². The summed E-state index contributed by atoms with van der Waals surface area (Å²) in [5.41, 5.74) is -0.563. The van der Waals surface area contributed by atoms with E-state index in [-0.39, 0.29) is 16.4 Å². The highest BCUT2D eigenvalue weighted by Crippen LogP contribution is 2.37. The van der Waals surface area contributed by atoms with Gasteiger partial charge in [-0.15, -0.1) is 0 Å². The van der Waals surface area contributed by atoms with E-state index in [0.717, 1.165) is 37.5 Å². The van der Waals surface area contributed by atoms with E-state index < -0.39 is 27.4 Å². The molecular weight excluding hydrogens is 297 g/mol. The minimum Gasteiger partial charge on any atom is -0.478 e. The Morgan fingerprint density at radius 1 is 1.43 bits per heavy atom. The van der Waals surface area contributed by atoms with Crippen molar-refractivity contribution in [2.24, 2.45) is 5.41 Å². The third-order valence-electron chi connectivity index (χ3n) is 3.77. The van der Waals surface area contributed by atoms with Crippen molar-refractivity contribution < 1.29 is 22.7 Å². The van der Waals surface area contributed by atoms with Gasteiger partial charge in [0.15, 0.2) is 0 Å². The number of hydrogen-bond acceptors (Lipinski definition) is 3. The molecule has 1 saturated carbocycles. The zero-order chi connectivity index (χ0) is 15.8. The molecule has 21 heavy (non-hydrogen) atoms. The predicted molar refractivity (Wildman–Crippen MR) is 75.1 cm³/mol. The molecule has 1 aliphatic carbocycles. The predicted octanol–water partition coefficient (Wildman–Crippen LogP) is 2.38. The third kappa shape index (κ3) is 3.59. The standard InChI is InChI=1S/C14H18FNO4S/c1-14(2)6-5-9(8-14)16-21(19,20)10-3-4-12(15)11(7-10)13(17)18/h3-4,7,9,16H,5-6,8H2,1-2H3,(H,17,18). The first-order valence-corrected chi connectivity index (χ1v) is 8.14. The molecule has 5 nitrogen and oxygen atoms in total. The van der Waals surface area contributed by atoms with E-state index in [2.05, 4.69) is 18.6 Å². The van der Waals surface area contributed by atoms with Gasteiger partial charge in [0.2, 0.25) is 10.0 Å². The molecule has 1 aromatic carbocycles. The Labute approximate surface area is 123 Å². The molecule has 2 N–H and O–H groups in total. The minimum absolute atomic E-state index is 0.0855. The number of carboxylic acid groups (broad SMARTS) is 1. The number of hydrogen-bond donors (Lipinski definition) is 2. The largest absolute Gasteiger partial charge is 0.478 e. The molecular formula is C14H18FNO4S. The zero-order valence-electron chi connectivity index (χ0n) is 11.9. The summed E-state index contributed by atoms with van der Waals surface area (Å²) in [5, 5.41) is 8.85. The Hall–Kier alpha value is -1.47. The first-order valence-electron chi connectivity index (χ1n) is 6.66. The van der Waals surface area contributed by atoms with Crippen LogP contribution in [0.25, 0.3) is 0 Å². The van der Waals surface area contributed by atoms with Crippen molar-refractivity contribution in [1.29, 1.82) is 0 Å². The van der Waals surface area contributed by atoms with Crippen LogP contribution in [0.15, 0.2) is 23.1 Å². The molecule has 0 spiro atoms. The first-order chi connectivity index (χ1) is 9.61. The van der Waals surface area contributed by atoms with Gasteiger partial charge in [-0.1, -0.05) is 13.8 Å². The fraction of sp³-hybridized carbons (Fsp3) is 0.500. The molecule has 1 aromatic rings. The lowest BCUT2D eigenvalue weighted by atomic mass is 9.92. The van der Waals surface area contributed by atoms with E-state index in [1.807, 2.05) is 0 Å². The second kappa shape index (κ2) is 5.38. The second-order valence-electron chi connectivity index (χ2n) is 6.17. The Morgan fingerprint density at radius 3 is 2.62 bits per heavy atom. The average molecular weight is 315 g/mol. The number of benzene rings is 1. The number of carboxylic acids is 1. The Morgan fingerprint density at radius 2 is 2.10 bits per heavy atom. The van der Waals surface area contributed by atoms with Crippen LogP contribution in [0.3, 0.4) is 0 Å². The molecule has 1 aliphatic rings. The van der Waals surface area contributed by atoms with Crippen LogP contribution in [0.4, 0.5) is 4.39 Å². The summed E-state index contributed by atoms with van der Waals surface area (Å²) in [7, 11) is -3.85. The molecule has 0 radical (unpaired) electrons. The highest BCUT2D eigenvalue weighted by molar-refractivity contribution is 7.89. The van der Waals surface area contributed by atoms with Crippen LogP contribution in [-0.2, 0) is 10.0 Å². The smallest absolute Gasteiger partial charge is 0.338 e. The molecule has 1 atom stereocenters. The van der Waals surface area contributed by atoms with Crippen LogP contribution in [0.2, 0.25) is 0 Å². The van der Waals surface area contributed by atoms with Gasteiger partial charge in [0.05, 0.1) is 10.5 Å². The molecule has 0 bridgehead atoms. The second-order valence-corrected chi connectivity index (χ2v) is 7.89. The molecule has 0 aromatic heterocycles. The maximum atomic E-state index is 13.3. The molecule has 0 amide bonds. The Kier molecular flexibility index (Phi) is 4.08. The van der Waals surface area contributed by atoms with Gasteiger partial charge in [-0.05, 0) is 42.9 Å². The van der Waals surface area contributed by atoms with Crippen LogP contribution < -0.4 is 4.72 Å². The summed E-state index contributed by atoms with van der Waals surface area (Å²) in [5.74, 6) is -2.45. The van der Waals surface area contributed by atoms with Crippen molar-refractivity contribution >= 4 is 16.0 Å². The van der Waals surface area contributed by atoms with E-state index in [4.69, 9.17) is 5.11 Å². The van der Waals surface area contributed by atoms with Crippen LogP contribution >= 0.6 is 0 Å². The lowest BCUT2D eigenvalue weighted by Gasteiger charge is -2.18. The van der Waals surface area contributed by atoms with Crippen molar-refractivity contribution in [2.75, 3.05) is 0 Å². The van der Waals surface area contributed by atoms with Crippen molar-refractivity contribution in [3.63, 3.8) is 0 Å². The lowest BCUT2D eigenvalue weighted by molar-refractivity contribution is 0.0691. The summed E-state index contributed by atoms with van der Waals surface area (Å²) in [6.45, 7) is 4.14. The van der Waals surface area contributed by atoms with Crippen molar-refractivity contribution in [3.05, 3.63) is 29.6 Å².